The fourth-order valence-corrected chi connectivity index (χ4v) is 2.00. The second kappa shape index (κ2) is 7.51. The lowest BCUT2D eigenvalue weighted by molar-refractivity contribution is 0.192. The maximum atomic E-state index is 6.01. The molecule has 0 heterocycles. The Labute approximate surface area is 116 Å². The third-order valence-corrected chi connectivity index (χ3v) is 3.49. The summed E-state index contributed by atoms with van der Waals surface area (Å²) in [5.41, 5.74) is 1.29. The van der Waals surface area contributed by atoms with Crippen LogP contribution in [0.4, 0.5) is 0 Å². The zero-order valence-electron chi connectivity index (χ0n) is 12.0. The number of rotatable bonds is 9. The van der Waals surface area contributed by atoms with Gasteiger partial charge in [0.1, 0.15) is 11.9 Å². The van der Waals surface area contributed by atoms with Crippen LogP contribution in [0.2, 0.25) is 0 Å². The quantitative estimate of drug-likeness (QED) is 0.743. The van der Waals surface area contributed by atoms with E-state index >= 15 is 0 Å². The first-order chi connectivity index (χ1) is 9.31. The molecule has 1 aromatic rings. The van der Waals surface area contributed by atoms with Gasteiger partial charge in [-0.3, -0.25) is 0 Å². The SMILES string of the molecule is CCC(CNC1CC1)Oc1ccc(CCOC)cc1. The molecule has 1 unspecified atom stereocenters. The molecule has 1 aliphatic rings. The van der Waals surface area contributed by atoms with Crippen molar-refractivity contribution in [3.05, 3.63) is 29.8 Å². The van der Waals surface area contributed by atoms with E-state index < -0.39 is 0 Å². The highest BCUT2D eigenvalue weighted by molar-refractivity contribution is 5.27. The van der Waals surface area contributed by atoms with Gasteiger partial charge in [-0.15, -0.1) is 0 Å². The van der Waals surface area contributed by atoms with Gasteiger partial charge in [-0.05, 0) is 43.4 Å². The smallest absolute Gasteiger partial charge is 0.119 e. The summed E-state index contributed by atoms with van der Waals surface area (Å²) in [7, 11) is 1.73. The van der Waals surface area contributed by atoms with Crippen molar-refractivity contribution in [2.75, 3.05) is 20.3 Å². The number of methoxy groups -OCH3 is 1. The molecule has 1 aromatic carbocycles. The van der Waals surface area contributed by atoms with E-state index in [0.717, 1.165) is 37.8 Å². The molecule has 3 nitrogen and oxygen atoms in total. The van der Waals surface area contributed by atoms with Gasteiger partial charge in [0.2, 0.25) is 0 Å². The minimum Gasteiger partial charge on any atom is -0.489 e. The van der Waals surface area contributed by atoms with Crippen LogP contribution in [0.1, 0.15) is 31.7 Å². The topological polar surface area (TPSA) is 30.5 Å². The summed E-state index contributed by atoms with van der Waals surface area (Å²) in [5.74, 6) is 0.964. The van der Waals surface area contributed by atoms with Crippen LogP contribution in [-0.4, -0.2) is 32.4 Å². The van der Waals surface area contributed by atoms with Crippen molar-refractivity contribution in [1.29, 1.82) is 0 Å². The van der Waals surface area contributed by atoms with Gasteiger partial charge in [0.05, 0.1) is 6.61 Å². The highest BCUT2D eigenvalue weighted by Gasteiger charge is 2.21. The van der Waals surface area contributed by atoms with Gasteiger partial charge >= 0.3 is 0 Å². The number of hydrogen-bond acceptors (Lipinski definition) is 3. The first kappa shape index (κ1) is 14.4. The molecule has 106 valence electrons. The normalized spacial score (nSPS) is 16.3. The summed E-state index contributed by atoms with van der Waals surface area (Å²) in [4.78, 5) is 0. The third kappa shape index (κ3) is 5.21. The standard InChI is InChI=1S/C16H25NO2/c1-3-15(12-17-14-6-7-14)19-16-8-4-13(5-9-16)10-11-18-2/h4-5,8-9,14-15,17H,3,6-7,10-12H2,1-2H3. The minimum atomic E-state index is 0.269. The largest absolute Gasteiger partial charge is 0.489 e. The van der Waals surface area contributed by atoms with Crippen LogP contribution in [0.3, 0.4) is 0 Å². The van der Waals surface area contributed by atoms with Gasteiger partial charge in [-0.2, -0.15) is 0 Å². The van der Waals surface area contributed by atoms with E-state index in [1.54, 1.807) is 7.11 Å². The molecule has 0 spiro atoms. The molecule has 1 atom stereocenters. The van der Waals surface area contributed by atoms with Gasteiger partial charge in [0, 0.05) is 19.7 Å². The van der Waals surface area contributed by atoms with Crippen LogP contribution < -0.4 is 10.1 Å². The Hall–Kier alpha value is -1.06. The van der Waals surface area contributed by atoms with Crippen molar-refractivity contribution in [3.63, 3.8) is 0 Å². The van der Waals surface area contributed by atoms with Crippen molar-refractivity contribution in [3.8, 4) is 5.75 Å². The van der Waals surface area contributed by atoms with E-state index in [1.807, 2.05) is 0 Å². The molecule has 1 N–H and O–H groups in total. The lowest BCUT2D eigenvalue weighted by Crippen LogP contribution is -2.32. The first-order valence-corrected chi connectivity index (χ1v) is 7.29. The van der Waals surface area contributed by atoms with Crippen LogP contribution in [0.5, 0.6) is 5.75 Å². The Morgan fingerprint density at radius 1 is 1.26 bits per heavy atom. The molecule has 1 fully saturated rings. The van der Waals surface area contributed by atoms with E-state index in [0.29, 0.717) is 0 Å². The maximum absolute atomic E-state index is 6.01. The molecule has 1 saturated carbocycles. The third-order valence-electron chi connectivity index (χ3n) is 3.49. The van der Waals surface area contributed by atoms with E-state index in [1.165, 1.54) is 18.4 Å². The van der Waals surface area contributed by atoms with Crippen LogP contribution in [0.15, 0.2) is 24.3 Å². The molecule has 19 heavy (non-hydrogen) atoms. The number of benzene rings is 1. The van der Waals surface area contributed by atoms with Gasteiger partial charge in [0.25, 0.3) is 0 Å². The molecule has 0 saturated heterocycles. The molecule has 0 aliphatic heterocycles. The Kier molecular flexibility index (Phi) is 5.67. The molecule has 0 aromatic heterocycles. The van der Waals surface area contributed by atoms with E-state index in [-0.39, 0.29) is 6.10 Å². The lowest BCUT2D eigenvalue weighted by Gasteiger charge is -2.18. The summed E-state index contributed by atoms with van der Waals surface area (Å²) in [6.45, 7) is 3.89. The van der Waals surface area contributed by atoms with Crippen molar-refractivity contribution < 1.29 is 9.47 Å². The van der Waals surface area contributed by atoms with Gasteiger partial charge in [-0.1, -0.05) is 19.1 Å². The maximum Gasteiger partial charge on any atom is 0.119 e. The summed E-state index contributed by atoms with van der Waals surface area (Å²) >= 11 is 0. The molecular formula is C16H25NO2. The van der Waals surface area contributed by atoms with E-state index in [4.69, 9.17) is 9.47 Å². The Bertz CT molecular complexity index is 360. The predicted octanol–water partition coefficient (Wildman–Crippen LogP) is 2.78. The van der Waals surface area contributed by atoms with Crippen LogP contribution in [-0.2, 0) is 11.2 Å². The molecule has 3 heteroatoms. The Morgan fingerprint density at radius 3 is 2.58 bits per heavy atom. The molecule has 0 bridgehead atoms. The fraction of sp³-hybridized carbons (Fsp3) is 0.625. The number of ether oxygens (including phenoxy) is 2. The van der Waals surface area contributed by atoms with Crippen LogP contribution in [0, 0.1) is 0 Å². The average molecular weight is 263 g/mol. The first-order valence-electron chi connectivity index (χ1n) is 7.29. The minimum absolute atomic E-state index is 0.269. The molecule has 0 radical (unpaired) electrons. The summed E-state index contributed by atoms with van der Waals surface area (Å²) in [6.07, 6.45) is 4.91. The average Bonchev–Trinajstić information content (AvgIpc) is 3.26. The summed E-state index contributed by atoms with van der Waals surface area (Å²) in [6, 6.07) is 9.11. The van der Waals surface area contributed by atoms with Crippen molar-refractivity contribution in [2.45, 2.75) is 44.8 Å². The second-order valence-electron chi connectivity index (χ2n) is 5.22. The van der Waals surface area contributed by atoms with Crippen molar-refractivity contribution >= 4 is 0 Å². The summed E-state index contributed by atoms with van der Waals surface area (Å²) < 4.78 is 11.1. The Balaban J connectivity index is 1.78. The Morgan fingerprint density at radius 2 is 2.00 bits per heavy atom. The molecular weight excluding hydrogens is 238 g/mol. The fourth-order valence-electron chi connectivity index (χ4n) is 2.00. The van der Waals surface area contributed by atoms with Crippen molar-refractivity contribution in [2.24, 2.45) is 0 Å². The highest BCUT2D eigenvalue weighted by atomic mass is 16.5. The zero-order chi connectivity index (χ0) is 13.5. The van der Waals surface area contributed by atoms with Gasteiger partial charge < -0.3 is 14.8 Å². The van der Waals surface area contributed by atoms with E-state index in [2.05, 4.69) is 36.5 Å². The van der Waals surface area contributed by atoms with Crippen molar-refractivity contribution in [1.82, 2.24) is 5.32 Å². The van der Waals surface area contributed by atoms with Gasteiger partial charge in [-0.25, -0.2) is 0 Å². The predicted molar refractivity (Wildman–Crippen MR) is 77.8 cm³/mol. The zero-order valence-corrected chi connectivity index (χ0v) is 12.0. The number of nitrogens with one attached hydrogen (secondary N) is 1. The van der Waals surface area contributed by atoms with Gasteiger partial charge in [0.15, 0.2) is 0 Å². The van der Waals surface area contributed by atoms with Crippen LogP contribution >= 0.6 is 0 Å². The monoisotopic (exact) mass is 263 g/mol. The lowest BCUT2D eigenvalue weighted by atomic mass is 10.1. The highest BCUT2D eigenvalue weighted by Crippen LogP contribution is 2.19. The summed E-state index contributed by atoms with van der Waals surface area (Å²) in [5, 5.41) is 3.53. The second-order valence-corrected chi connectivity index (χ2v) is 5.22. The number of hydrogen-bond donors (Lipinski definition) is 1. The molecule has 1 aliphatic carbocycles. The van der Waals surface area contributed by atoms with Crippen LogP contribution in [0.25, 0.3) is 0 Å². The van der Waals surface area contributed by atoms with E-state index in [9.17, 15) is 0 Å². The molecule has 2 rings (SSSR count). The molecule has 0 amide bonds.